The van der Waals surface area contributed by atoms with Crippen molar-refractivity contribution in [3.05, 3.63) is 35.8 Å². The lowest BCUT2D eigenvalue weighted by molar-refractivity contribution is -0.139. The van der Waals surface area contributed by atoms with E-state index in [2.05, 4.69) is 10.3 Å². The van der Waals surface area contributed by atoms with Crippen LogP contribution in [0.3, 0.4) is 0 Å². The second kappa shape index (κ2) is 8.33. The van der Waals surface area contributed by atoms with Gasteiger partial charge in [0.15, 0.2) is 0 Å². The Morgan fingerprint density at radius 3 is 2.89 bits per heavy atom. The predicted octanol–water partition coefficient (Wildman–Crippen LogP) is 3.08. The van der Waals surface area contributed by atoms with E-state index < -0.39 is 0 Å². The molecule has 1 saturated heterocycles. The molecule has 0 radical (unpaired) electrons. The average Bonchev–Trinajstić information content (AvgIpc) is 3.13. The molecular formula is C22H30N4O2. The molecule has 0 spiro atoms. The first-order valence-corrected chi connectivity index (χ1v) is 10.6. The molecule has 150 valence electrons. The molecule has 2 aromatic heterocycles. The summed E-state index contributed by atoms with van der Waals surface area (Å²) in [5.74, 6) is 0.763. The van der Waals surface area contributed by atoms with Gasteiger partial charge in [0.1, 0.15) is 5.65 Å². The fourth-order valence-corrected chi connectivity index (χ4v) is 4.64. The molecule has 2 fully saturated rings. The number of aromatic nitrogens is 2. The summed E-state index contributed by atoms with van der Waals surface area (Å²) < 4.78 is 2.02. The van der Waals surface area contributed by atoms with Gasteiger partial charge in [0.05, 0.1) is 24.4 Å². The van der Waals surface area contributed by atoms with Crippen molar-refractivity contribution in [2.45, 2.75) is 58.4 Å². The molecule has 1 aliphatic carbocycles. The van der Waals surface area contributed by atoms with E-state index in [-0.39, 0.29) is 17.7 Å². The van der Waals surface area contributed by atoms with E-state index in [1.807, 2.05) is 40.8 Å². The zero-order valence-corrected chi connectivity index (χ0v) is 16.7. The van der Waals surface area contributed by atoms with Crippen molar-refractivity contribution in [2.24, 2.45) is 11.8 Å². The Labute approximate surface area is 166 Å². The van der Waals surface area contributed by atoms with Crippen LogP contribution in [0, 0.1) is 18.8 Å². The van der Waals surface area contributed by atoms with E-state index >= 15 is 0 Å². The van der Waals surface area contributed by atoms with Crippen LogP contribution in [0.15, 0.2) is 24.5 Å². The maximum atomic E-state index is 12.8. The van der Waals surface area contributed by atoms with E-state index in [0.717, 1.165) is 23.4 Å². The molecule has 1 atom stereocenters. The molecule has 1 saturated carbocycles. The number of hydrogen-bond donors (Lipinski definition) is 1. The first-order valence-electron chi connectivity index (χ1n) is 10.6. The van der Waals surface area contributed by atoms with Gasteiger partial charge in [-0.25, -0.2) is 4.98 Å². The van der Waals surface area contributed by atoms with Crippen LogP contribution in [0.2, 0.25) is 0 Å². The zero-order valence-electron chi connectivity index (χ0n) is 16.7. The van der Waals surface area contributed by atoms with Gasteiger partial charge in [0.25, 0.3) is 0 Å². The number of carbonyl (C=O) groups is 2. The number of imidazole rings is 1. The summed E-state index contributed by atoms with van der Waals surface area (Å²) in [4.78, 5) is 31.5. The number of rotatable bonds is 5. The molecule has 0 aromatic carbocycles. The summed E-state index contributed by atoms with van der Waals surface area (Å²) in [7, 11) is 0. The fraction of sp³-hybridized carbons (Fsp3) is 0.591. The highest BCUT2D eigenvalue weighted by molar-refractivity contribution is 5.83. The van der Waals surface area contributed by atoms with Crippen molar-refractivity contribution in [3.8, 4) is 0 Å². The number of carbonyl (C=O) groups excluding carboxylic acids is 2. The van der Waals surface area contributed by atoms with Crippen LogP contribution in [0.25, 0.3) is 5.65 Å². The lowest BCUT2D eigenvalue weighted by Crippen LogP contribution is -2.47. The maximum absolute atomic E-state index is 12.8. The molecule has 2 aliphatic rings. The Kier molecular flexibility index (Phi) is 5.64. The van der Waals surface area contributed by atoms with Gasteiger partial charge in [-0.2, -0.15) is 0 Å². The third-order valence-corrected chi connectivity index (χ3v) is 6.33. The van der Waals surface area contributed by atoms with Crippen LogP contribution in [-0.4, -0.2) is 39.2 Å². The lowest BCUT2D eigenvalue weighted by Gasteiger charge is -2.35. The summed E-state index contributed by atoms with van der Waals surface area (Å²) in [6.07, 6.45) is 11.2. The first kappa shape index (κ1) is 19.0. The van der Waals surface area contributed by atoms with Crippen LogP contribution in [0.4, 0.5) is 0 Å². The molecular weight excluding hydrogens is 352 g/mol. The SMILES string of the molecule is Cc1cccn2c(CNC(=O)[C@H]3CCC(=O)N(CC4CCCCC4)C3)cnc12. The zero-order chi connectivity index (χ0) is 19.5. The van der Waals surface area contributed by atoms with Gasteiger partial charge in [0, 0.05) is 25.7 Å². The van der Waals surface area contributed by atoms with Gasteiger partial charge in [-0.1, -0.05) is 25.3 Å². The molecule has 6 heteroatoms. The van der Waals surface area contributed by atoms with Crippen molar-refractivity contribution in [3.63, 3.8) is 0 Å². The standard InChI is InChI=1S/C22H30N4O2/c1-16-6-5-11-26-19(12-23-21(16)26)13-24-22(28)18-9-10-20(27)25(15-18)14-17-7-3-2-4-8-17/h5-6,11-12,17-18H,2-4,7-10,13-15H2,1H3,(H,24,28)/t18-/m0/s1. The molecule has 3 heterocycles. The average molecular weight is 383 g/mol. The Hall–Kier alpha value is -2.37. The first-order chi connectivity index (χ1) is 13.6. The number of nitrogens with zero attached hydrogens (tertiary/aromatic N) is 3. The molecule has 0 bridgehead atoms. The van der Waals surface area contributed by atoms with Crippen molar-refractivity contribution in [1.29, 1.82) is 0 Å². The number of aryl methyl sites for hydroxylation is 1. The van der Waals surface area contributed by atoms with E-state index in [0.29, 0.717) is 31.8 Å². The molecule has 4 rings (SSSR count). The Morgan fingerprint density at radius 1 is 1.25 bits per heavy atom. The van der Waals surface area contributed by atoms with Crippen molar-refractivity contribution >= 4 is 17.5 Å². The van der Waals surface area contributed by atoms with Crippen LogP contribution in [0.5, 0.6) is 0 Å². The highest BCUT2D eigenvalue weighted by Crippen LogP contribution is 2.27. The van der Waals surface area contributed by atoms with Crippen LogP contribution in [0.1, 0.15) is 56.2 Å². The minimum atomic E-state index is -0.109. The van der Waals surface area contributed by atoms with Crippen molar-refractivity contribution in [2.75, 3.05) is 13.1 Å². The minimum absolute atomic E-state index is 0.0451. The minimum Gasteiger partial charge on any atom is -0.350 e. The van der Waals surface area contributed by atoms with Gasteiger partial charge in [-0.15, -0.1) is 0 Å². The highest BCUT2D eigenvalue weighted by atomic mass is 16.2. The Bertz CT molecular complexity index is 853. The normalized spacial score (nSPS) is 21.2. The Morgan fingerprint density at radius 2 is 2.07 bits per heavy atom. The van der Waals surface area contributed by atoms with Crippen LogP contribution in [-0.2, 0) is 16.1 Å². The molecule has 2 aromatic rings. The van der Waals surface area contributed by atoms with Gasteiger partial charge in [-0.3, -0.25) is 9.59 Å². The molecule has 28 heavy (non-hydrogen) atoms. The second-order valence-corrected chi connectivity index (χ2v) is 8.39. The summed E-state index contributed by atoms with van der Waals surface area (Å²) in [5.41, 5.74) is 3.01. The second-order valence-electron chi connectivity index (χ2n) is 8.39. The number of fused-ring (bicyclic) bond motifs is 1. The predicted molar refractivity (Wildman–Crippen MR) is 108 cm³/mol. The number of amides is 2. The summed E-state index contributed by atoms with van der Waals surface area (Å²) in [6.45, 7) is 3.88. The van der Waals surface area contributed by atoms with E-state index in [4.69, 9.17) is 0 Å². The fourth-order valence-electron chi connectivity index (χ4n) is 4.64. The number of likely N-dealkylation sites (tertiary alicyclic amines) is 1. The molecule has 0 unspecified atom stereocenters. The lowest BCUT2D eigenvalue weighted by atomic mass is 9.87. The third-order valence-electron chi connectivity index (χ3n) is 6.33. The number of piperidine rings is 1. The molecule has 1 N–H and O–H groups in total. The Balaban J connectivity index is 1.34. The molecule has 2 amide bonds. The summed E-state index contributed by atoms with van der Waals surface area (Å²) in [6, 6.07) is 4.02. The van der Waals surface area contributed by atoms with Crippen LogP contribution < -0.4 is 5.32 Å². The van der Waals surface area contributed by atoms with Gasteiger partial charge in [0.2, 0.25) is 11.8 Å². The smallest absolute Gasteiger partial charge is 0.225 e. The van der Waals surface area contributed by atoms with Crippen LogP contribution >= 0.6 is 0 Å². The topological polar surface area (TPSA) is 66.7 Å². The largest absolute Gasteiger partial charge is 0.350 e. The number of nitrogens with one attached hydrogen (secondary N) is 1. The number of pyridine rings is 1. The van der Waals surface area contributed by atoms with E-state index in [9.17, 15) is 9.59 Å². The van der Waals surface area contributed by atoms with Crippen molar-refractivity contribution in [1.82, 2.24) is 19.6 Å². The quantitative estimate of drug-likeness (QED) is 0.864. The van der Waals surface area contributed by atoms with Gasteiger partial charge >= 0.3 is 0 Å². The summed E-state index contributed by atoms with van der Waals surface area (Å²) in [5, 5.41) is 3.07. The van der Waals surface area contributed by atoms with E-state index in [1.165, 1.54) is 32.1 Å². The molecule has 6 nitrogen and oxygen atoms in total. The third kappa shape index (κ3) is 4.05. The summed E-state index contributed by atoms with van der Waals surface area (Å²) >= 11 is 0. The van der Waals surface area contributed by atoms with Gasteiger partial charge < -0.3 is 14.6 Å². The van der Waals surface area contributed by atoms with E-state index in [1.54, 1.807) is 0 Å². The maximum Gasteiger partial charge on any atom is 0.225 e. The molecule has 1 aliphatic heterocycles. The highest BCUT2D eigenvalue weighted by Gasteiger charge is 2.31. The number of hydrogen-bond acceptors (Lipinski definition) is 3. The monoisotopic (exact) mass is 382 g/mol. The van der Waals surface area contributed by atoms with Gasteiger partial charge in [-0.05, 0) is 43.7 Å². The van der Waals surface area contributed by atoms with Crippen molar-refractivity contribution < 1.29 is 9.59 Å².